The average Bonchev–Trinajstić information content (AvgIpc) is 2.92. The molecule has 3 rings (SSSR count). The van der Waals surface area contributed by atoms with Crippen LogP contribution in [0, 0.1) is 17.5 Å². The first-order chi connectivity index (χ1) is 9.56. The Kier molecular flexibility index (Phi) is 3.13. The maximum Gasteiger partial charge on any atom is 0.178 e. The Bertz CT molecular complexity index is 829. The summed E-state index contributed by atoms with van der Waals surface area (Å²) in [6.07, 6.45) is 2.39. The van der Waals surface area contributed by atoms with Crippen molar-refractivity contribution in [1.29, 1.82) is 0 Å². The summed E-state index contributed by atoms with van der Waals surface area (Å²) in [5.41, 5.74) is 2.24. The number of fused-ring (bicyclic) bond motifs is 1. The summed E-state index contributed by atoms with van der Waals surface area (Å²) in [7, 11) is 1.91. The number of benzene rings is 1. The van der Waals surface area contributed by atoms with Crippen molar-refractivity contribution in [1.82, 2.24) is 24.3 Å². The van der Waals surface area contributed by atoms with Crippen molar-refractivity contribution < 1.29 is 4.39 Å². The average molecular weight is 291 g/mol. The number of halogens is 1. The summed E-state index contributed by atoms with van der Waals surface area (Å²) in [6, 6.07) is 3.30. The molecule has 0 saturated heterocycles. The lowest BCUT2D eigenvalue weighted by Crippen LogP contribution is -2.06. The van der Waals surface area contributed by atoms with Crippen LogP contribution in [0.4, 0.5) is 4.39 Å². The van der Waals surface area contributed by atoms with Crippen LogP contribution < -0.4 is 0 Å². The fourth-order valence-electron chi connectivity index (χ4n) is 2.25. The van der Waals surface area contributed by atoms with Crippen LogP contribution in [0.2, 0.25) is 0 Å². The molecule has 7 heteroatoms. The molecule has 2 aromatic heterocycles. The Morgan fingerprint density at radius 1 is 1.40 bits per heavy atom. The van der Waals surface area contributed by atoms with Crippen LogP contribution in [0.3, 0.4) is 0 Å². The van der Waals surface area contributed by atoms with Crippen molar-refractivity contribution in [3.63, 3.8) is 0 Å². The van der Waals surface area contributed by atoms with Gasteiger partial charge in [-0.1, -0.05) is 0 Å². The monoisotopic (exact) mass is 291 g/mol. The summed E-state index contributed by atoms with van der Waals surface area (Å²) in [4.78, 5) is 3.03. The maximum atomic E-state index is 13.6. The van der Waals surface area contributed by atoms with Gasteiger partial charge in [-0.15, -0.1) is 10.2 Å². The minimum absolute atomic E-state index is 0.228. The topological polar surface area (TPSA) is 51.4 Å². The minimum atomic E-state index is -0.228. The Labute approximate surface area is 120 Å². The second-order valence-electron chi connectivity index (χ2n) is 4.81. The SMILES string of the molecule is Cc1cc2c(cc1F)[nH]c(=S)n2CCc1nncn1C. The van der Waals surface area contributed by atoms with E-state index < -0.39 is 0 Å². The second kappa shape index (κ2) is 4.82. The highest BCUT2D eigenvalue weighted by atomic mass is 32.1. The summed E-state index contributed by atoms with van der Waals surface area (Å²) in [6.45, 7) is 2.42. The molecule has 1 aromatic carbocycles. The molecule has 0 aliphatic heterocycles. The number of nitrogens with one attached hydrogen (secondary N) is 1. The van der Waals surface area contributed by atoms with Gasteiger partial charge in [-0.2, -0.15) is 0 Å². The minimum Gasteiger partial charge on any atom is -0.330 e. The fraction of sp³-hybridized carbons (Fsp3) is 0.308. The number of hydrogen-bond donors (Lipinski definition) is 1. The Balaban J connectivity index is 1.99. The van der Waals surface area contributed by atoms with Gasteiger partial charge in [-0.05, 0) is 36.8 Å². The second-order valence-corrected chi connectivity index (χ2v) is 5.20. The third-order valence-corrected chi connectivity index (χ3v) is 3.74. The molecular weight excluding hydrogens is 277 g/mol. The van der Waals surface area contributed by atoms with Crippen molar-refractivity contribution in [2.45, 2.75) is 19.9 Å². The highest BCUT2D eigenvalue weighted by molar-refractivity contribution is 7.71. The van der Waals surface area contributed by atoms with E-state index in [4.69, 9.17) is 12.2 Å². The molecule has 3 aromatic rings. The summed E-state index contributed by atoms with van der Waals surface area (Å²) >= 11 is 5.31. The highest BCUT2D eigenvalue weighted by Gasteiger charge is 2.09. The van der Waals surface area contributed by atoms with E-state index in [1.807, 2.05) is 22.2 Å². The van der Waals surface area contributed by atoms with Gasteiger partial charge in [-0.25, -0.2) is 4.39 Å². The predicted molar refractivity (Wildman–Crippen MR) is 76.5 cm³/mol. The molecule has 5 nitrogen and oxygen atoms in total. The van der Waals surface area contributed by atoms with Gasteiger partial charge in [0.25, 0.3) is 0 Å². The molecule has 0 spiro atoms. The van der Waals surface area contributed by atoms with Crippen LogP contribution in [0.1, 0.15) is 11.4 Å². The van der Waals surface area contributed by atoms with E-state index in [-0.39, 0.29) is 5.82 Å². The quantitative estimate of drug-likeness (QED) is 0.754. The molecule has 0 unspecified atom stereocenters. The number of aromatic nitrogens is 5. The molecule has 2 heterocycles. The number of H-pyrrole nitrogens is 1. The molecule has 104 valence electrons. The number of imidazole rings is 1. The van der Waals surface area contributed by atoms with Gasteiger partial charge in [0.1, 0.15) is 18.0 Å². The molecule has 0 aliphatic carbocycles. The van der Waals surface area contributed by atoms with Gasteiger partial charge < -0.3 is 14.1 Å². The van der Waals surface area contributed by atoms with Crippen molar-refractivity contribution >= 4 is 23.3 Å². The number of nitrogens with zero attached hydrogens (tertiary/aromatic N) is 4. The predicted octanol–water partition coefficient (Wildman–Crippen LogP) is 2.52. The van der Waals surface area contributed by atoms with Gasteiger partial charge in [0.15, 0.2) is 4.77 Å². The number of aromatic amines is 1. The van der Waals surface area contributed by atoms with Crippen molar-refractivity contribution in [2.75, 3.05) is 0 Å². The van der Waals surface area contributed by atoms with Crippen LogP contribution in [-0.4, -0.2) is 24.3 Å². The lowest BCUT2D eigenvalue weighted by molar-refractivity contribution is 0.619. The van der Waals surface area contributed by atoms with E-state index >= 15 is 0 Å². The molecule has 0 radical (unpaired) electrons. The molecule has 0 atom stereocenters. The normalized spacial score (nSPS) is 11.3. The van der Waals surface area contributed by atoms with E-state index in [9.17, 15) is 4.39 Å². The zero-order valence-corrected chi connectivity index (χ0v) is 12.0. The zero-order valence-electron chi connectivity index (χ0n) is 11.2. The summed E-state index contributed by atoms with van der Waals surface area (Å²) in [5.74, 6) is 0.661. The number of aryl methyl sites for hydroxylation is 4. The first kappa shape index (κ1) is 13.0. The molecular formula is C13H14FN5S. The molecule has 20 heavy (non-hydrogen) atoms. The van der Waals surface area contributed by atoms with Crippen LogP contribution >= 0.6 is 12.2 Å². The van der Waals surface area contributed by atoms with Gasteiger partial charge in [-0.3, -0.25) is 0 Å². The Morgan fingerprint density at radius 2 is 2.20 bits per heavy atom. The van der Waals surface area contributed by atoms with E-state index in [0.717, 1.165) is 16.9 Å². The smallest absolute Gasteiger partial charge is 0.178 e. The fourth-order valence-corrected chi connectivity index (χ4v) is 2.55. The molecule has 0 saturated carbocycles. The summed E-state index contributed by atoms with van der Waals surface area (Å²) in [5, 5.41) is 7.90. The zero-order chi connectivity index (χ0) is 14.3. The van der Waals surface area contributed by atoms with E-state index in [2.05, 4.69) is 15.2 Å². The molecule has 0 amide bonds. The van der Waals surface area contributed by atoms with Crippen molar-refractivity contribution in [3.05, 3.63) is 40.4 Å². The lowest BCUT2D eigenvalue weighted by atomic mass is 10.2. The van der Waals surface area contributed by atoms with Crippen LogP contribution in [0.25, 0.3) is 11.0 Å². The first-order valence-corrected chi connectivity index (χ1v) is 6.68. The lowest BCUT2D eigenvalue weighted by Gasteiger charge is -2.05. The highest BCUT2D eigenvalue weighted by Crippen LogP contribution is 2.19. The van der Waals surface area contributed by atoms with E-state index in [1.54, 1.807) is 13.3 Å². The van der Waals surface area contributed by atoms with Crippen LogP contribution in [0.5, 0.6) is 0 Å². The Morgan fingerprint density at radius 3 is 2.90 bits per heavy atom. The third-order valence-electron chi connectivity index (χ3n) is 3.42. The van der Waals surface area contributed by atoms with Gasteiger partial charge >= 0.3 is 0 Å². The van der Waals surface area contributed by atoms with E-state index in [1.165, 1.54) is 6.07 Å². The number of hydrogen-bond acceptors (Lipinski definition) is 3. The molecule has 1 N–H and O–H groups in total. The van der Waals surface area contributed by atoms with Gasteiger partial charge in [0, 0.05) is 20.0 Å². The maximum absolute atomic E-state index is 13.6. The van der Waals surface area contributed by atoms with E-state index in [0.29, 0.717) is 23.3 Å². The molecule has 0 bridgehead atoms. The van der Waals surface area contributed by atoms with Gasteiger partial charge in [0.2, 0.25) is 0 Å². The molecule has 0 aliphatic rings. The van der Waals surface area contributed by atoms with Crippen molar-refractivity contribution in [3.8, 4) is 0 Å². The number of rotatable bonds is 3. The first-order valence-electron chi connectivity index (χ1n) is 6.28. The Hall–Kier alpha value is -2.02. The summed E-state index contributed by atoms with van der Waals surface area (Å²) < 4.78 is 18.0. The van der Waals surface area contributed by atoms with Crippen LogP contribution in [0.15, 0.2) is 18.5 Å². The standard InChI is InChI=1S/C13H14FN5S/c1-8-5-11-10(6-9(8)14)16-13(20)19(11)4-3-12-17-15-7-18(12)2/h5-7H,3-4H2,1-2H3,(H,16,20). The van der Waals surface area contributed by atoms with Gasteiger partial charge in [0.05, 0.1) is 11.0 Å². The molecule has 0 fully saturated rings. The van der Waals surface area contributed by atoms with Crippen LogP contribution in [-0.2, 0) is 20.0 Å². The third kappa shape index (κ3) is 2.14. The largest absolute Gasteiger partial charge is 0.330 e. The van der Waals surface area contributed by atoms with Crippen molar-refractivity contribution in [2.24, 2.45) is 7.05 Å².